The summed E-state index contributed by atoms with van der Waals surface area (Å²) < 4.78 is 39.1. The third-order valence-electron chi connectivity index (χ3n) is 1.27. The summed E-state index contributed by atoms with van der Waals surface area (Å²) in [6.07, 6.45) is -4.69. The lowest BCUT2D eigenvalue weighted by molar-refractivity contribution is -0.184. The highest BCUT2D eigenvalue weighted by Crippen LogP contribution is 2.26. The second kappa shape index (κ2) is 3.55. The maximum atomic E-state index is 11.8. The molecule has 1 unspecified atom stereocenters. The van der Waals surface area contributed by atoms with Crippen molar-refractivity contribution in [3.05, 3.63) is 0 Å². The Hall–Kier alpha value is -1.07. The van der Waals surface area contributed by atoms with E-state index in [0.717, 1.165) is 7.11 Å². The average Bonchev–Trinajstić information content (AvgIpc) is 1.98. The average molecular weight is 184 g/mol. The molecule has 0 saturated heterocycles. The molecule has 0 amide bonds. The van der Waals surface area contributed by atoms with Gasteiger partial charge in [-0.2, -0.15) is 13.2 Å². The first-order chi connectivity index (χ1) is 5.30. The number of esters is 1. The number of carbonyl (C=O) groups excluding carboxylic acids is 2. The van der Waals surface area contributed by atoms with Crippen LogP contribution in [0.1, 0.15) is 6.92 Å². The Labute approximate surface area is 66.5 Å². The number of hydrogen-bond acceptors (Lipinski definition) is 3. The van der Waals surface area contributed by atoms with Crippen molar-refractivity contribution in [1.82, 2.24) is 0 Å². The van der Waals surface area contributed by atoms with Crippen LogP contribution < -0.4 is 0 Å². The van der Waals surface area contributed by atoms with Crippen molar-refractivity contribution in [1.29, 1.82) is 0 Å². The summed E-state index contributed by atoms with van der Waals surface area (Å²) in [7, 11) is 0.851. The van der Waals surface area contributed by atoms with Gasteiger partial charge in [-0.3, -0.25) is 4.79 Å². The monoisotopic (exact) mass is 184 g/mol. The maximum absolute atomic E-state index is 11.8. The molecular weight excluding hydrogens is 177 g/mol. The lowest BCUT2D eigenvalue weighted by Gasteiger charge is -2.11. The van der Waals surface area contributed by atoms with Gasteiger partial charge in [0.1, 0.15) is 5.92 Å². The van der Waals surface area contributed by atoms with Crippen LogP contribution in [0.2, 0.25) is 0 Å². The highest BCUT2D eigenvalue weighted by molar-refractivity contribution is 6.34. The minimum Gasteiger partial charge on any atom is -0.463 e. The Morgan fingerprint density at radius 2 is 1.75 bits per heavy atom. The first-order valence-corrected chi connectivity index (χ1v) is 2.99. The van der Waals surface area contributed by atoms with Crippen molar-refractivity contribution in [2.45, 2.75) is 13.1 Å². The molecule has 6 heteroatoms. The molecule has 0 aromatic carbocycles. The molecule has 0 aliphatic carbocycles. The Bertz CT molecular complexity index is 197. The van der Waals surface area contributed by atoms with Crippen molar-refractivity contribution < 1.29 is 27.5 Å². The fourth-order valence-electron chi connectivity index (χ4n) is 0.426. The van der Waals surface area contributed by atoms with Crippen molar-refractivity contribution >= 4 is 11.8 Å². The van der Waals surface area contributed by atoms with Gasteiger partial charge in [-0.25, -0.2) is 4.79 Å². The van der Waals surface area contributed by atoms with E-state index in [0.29, 0.717) is 6.92 Å². The fourth-order valence-corrected chi connectivity index (χ4v) is 0.426. The fraction of sp³-hybridized carbons (Fsp3) is 0.667. The molecule has 0 aromatic heterocycles. The molecule has 0 saturated carbocycles. The lowest BCUT2D eigenvalue weighted by atomic mass is 10.1. The zero-order valence-corrected chi connectivity index (χ0v) is 6.44. The predicted molar refractivity (Wildman–Crippen MR) is 32.2 cm³/mol. The van der Waals surface area contributed by atoms with Crippen LogP contribution in [0.25, 0.3) is 0 Å². The van der Waals surface area contributed by atoms with E-state index >= 15 is 0 Å². The van der Waals surface area contributed by atoms with Crippen LogP contribution in [-0.2, 0) is 14.3 Å². The SMILES string of the molecule is COC(=O)C(=O)C(C)C(F)(F)F. The van der Waals surface area contributed by atoms with Gasteiger partial charge < -0.3 is 4.74 Å². The summed E-state index contributed by atoms with van der Waals surface area (Å²) in [6.45, 7) is 0.610. The number of Topliss-reactive ketones (excluding diaryl/α,β-unsaturated/α-hetero) is 1. The van der Waals surface area contributed by atoms with Gasteiger partial charge in [-0.1, -0.05) is 0 Å². The molecule has 0 spiro atoms. The molecule has 0 fully saturated rings. The van der Waals surface area contributed by atoms with E-state index in [1.165, 1.54) is 0 Å². The molecule has 0 heterocycles. The van der Waals surface area contributed by atoms with E-state index < -0.39 is 23.8 Å². The molecule has 0 rings (SSSR count). The topological polar surface area (TPSA) is 43.4 Å². The number of methoxy groups -OCH3 is 1. The highest BCUT2D eigenvalue weighted by atomic mass is 19.4. The molecule has 12 heavy (non-hydrogen) atoms. The van der Waals surface area contributed by atoms with E-state index in [1.54, 1.807) is 0 Å². The van der Waals surface area contributed by atoms with E-state index in [2.05, 4.69) is 4.74 Å². The van der Waals surface area contributed by atoms with Gasteiger partial charge in [0.25, 0.3) is 5.78 Å². The van der Waals surface area contributed by atoms with Gasteiger partial charge in [-0.15, -0.1) is 0 Å². The molecule has 1 atom stereocenters. The molecule has 0 radical (unpaired) electrons. The van der Waals surface area contributed by atoms with E-state index in [-0.39, 0.29) is 0 Å². The van der Waals surface area contributed by atoms with Crippen LogP contribution in [0, 0.1) is 5.92 Å². The Morgan fingerprint density at radius 3 is 2.00 bits per heavy atom. The van der Waals surface area contributed by atoms with Gasteiger partial charge in [0.05, 0.1) is 7.11 Å². The Balaban J connectivity index is 4.41. The molecule has 0 aliphatic heterocycles. The maximum Gasteiger partial charge on any atom is 0.398 e. The highest BCUT2D eigenvalue weighted by Gasteiger charge is 2.43. The van der Waals surface area contributed by atoms with Gasteiger partial charge in [0.2, 0.25) is 0 Å². The quantitative estimate of drug-likeness (QED) is 0.473. The van der Waals surface area contributed by atoms with Crippen LogP contribution in [0.5, 0.6) is 0 Å². The molecule has 0 aromatic rings. The van der Waals surface area contributed by atoms with Crippen LogP contribution in [0.4, 0.5) is 13.2 Å². The first-order valence-electron chi connectivity index (χ1n) is 2.99. The number of halogens is 3. The molecule has 0 N–H and O–H groups in total. The molecule has 70 valence electrons. The summed E-state index contributed by atoms with van der Waals surface area (Å²) >= 11 is 0. The molecule has 3 nitrogen and oxygen atoms in total. The summed E-state index contributed by atoms with van der Waals surface area (Å²) in [5.74, 6) is -5.35. The Kier molecular flexibility index (Phi) is 3.24. The van der Waals surface area contributed by atoms with E-state index in [9.17, 15) is 22.8 Å². The largest absolute Gasteiger partial charge is 0.463 e. The molecule has 0 bridgehead atoms. The molecule has 0 aliphatic rings. The second-order valence-corrected chi connectivity index (χ2v) is 2.12. The third-order valence-corrected chi connectivity index (χ3v) is 1.27. The van der Waals surface area contributed by atoms with Crippen LogP contribution >= 0.6 is 0 Å². The van der Waals surface area contributed by atoms with Crippen LogP contribution in [0.3, 0.4) is 0 Å². The number of rotatable bonds is 2. The lowest BCUT2D eigenvalue weighted by Crippen LogP contribution is -2.33. The molecular formula is C6H7F3O3. The minimum absolute atomic E-state index is 0.610. The van der Waals surface area contributed by atoms with E-state index in [4.69, 9.17) is 0 Å². The zero-order valence-electron chi connectivity index (χ0n) is 6.44. The summed E-state index contributed by atoms with van der Waals surface area (Å²) in [6, 6.07) is 0. The number of ketones is 1. The first kappa shape index (κ1) is 10.9. The predicted octanol–water partition coefficient (Wildman–Crippen LogP) is 0.927. The number of ether oxygens (including phenoxy) is 1. The summed E-state index contributed by atoms with van der Waals surface area (Å²) in [5.41, 5.74) is 0. The summed E-state index contributed by atoms with van der Waals surface area (Å²) in [4.78, 5) is 20.9. The van der Waals surface area contributed by atoms with Crippen molar-refractivity contribution in [3.8, 4) is 0 Å². The van der Waals surface area contributed by atoms with Gasteiger partial charge in [0.15, 0.2) is 0 Å². The number of hydrogen-bond donors (Lipinski definition) is 0. The van der Waals surface area contributed by atoms with Gasteiger partial charge >= 0.3 is 12.1 Å². The third kappa shape index (κ3) is 2.52. The van der Waals surface area contributed by atoms with E-state index in [1.807, 2.05) is 0 Å². The van der Waals surface area contributed by atoms with Crippen molar-refractivity contribution in [2.24, 2.45) is 5.92 Å². The second-order valence-electron chi connectivity index (χ2n) is 2.12. The number of carbonyl (C=O) groups is 2. The summed E-state index contributed by atoms with van der Waals surface area (Å²) in [5, 5.41) is 0. The van der Waals surface area contributed by atoms with Crippen molar-refractivity contribution in [3.63, 3.8) is 0 Å². The van der Waals surface area contributed by atoms with Gasteiger partial charge in [-0.05, 0) is 6.92 Å². The van der Waals surface area contributed by atoms with Gasteiger partial charge in [0, 0.05) is 0 Å². The minimum atomic E-state index is -4.69. The van der Waals surface area contributed by atoms with Crippen LogP contribution in [-0.4, -0.2) is 25.0 Å². The zero-order chi connectivity index (χ0) is 9.94. The standard InChI is InChI=1S/C6H7F3O3/c1-3(6(7,8)9)4(10)5(11)12-2/h3H,1-2H3. The van der Waals surface area contributed by atoms with Crippen molar-refractivity contribution in [2.75, 3.05) is 7.11 Å². The smallest absolute Gasteiger partial charge is 0.398 e. The normalized spacial score (nSPS) is 13.8. The number of alkyl halides is 3. The Morgan fingerprint density at radius 1 is 1.33 bits per heavy atom. The van der Waals surface area contributed by atoms with Crippen LogP contribution in [0.15, 0.2) is 0 Å².